The second kappa shape index (κ2) is 8.39. The number of halogens is 4. The zero-order valence-corrected chi connectivity index (χ0v) is 19.7. The maximum atomic E-state index is 14.5. The molecule has 5 rings (SSSR count). The monoisotopic (exact) mass is 496 g/mol. The SMILES string of the molecule is Cc1nn(-c2c(F)cccc2CN)cc1CN1CCC2(CC1)OCC(F)(F)c1cc(Cl)sc12. The Labute approximate surface area is 198 Å². The first-order chi connectivity index (χ1) is 15.7. The average molecular weight is 497 g/mol. The van der Waals surface area contributed by atoms with Crippen LogP contribution < -0.4 is 5.73 Å². The maximum Gasteiger partial charge on any atom is 0.297 e. The van der Waals surface area contributed by atoms with E-state index in [-0.39, 0.29) is 17.9 Å². The van der Waals surface area contributed by atoms with E-state index in [1.165, 1.54) is 23.5 Å². The minimum absolute atomic E-state index is 0.00918. The quantitative estimate of drug-likeness (QED) is 0.545. The number of aromatic nitrogens is 2. The van der Waals surface area contributed by atoms with Crippen LogP contribution in [-0.2, 0) is 29.3 Å². The highest BCUT2D eigenvalue weighted by Gasteiger charge is 2.51. The summed E-state index contributed by atoms with van der Waals surface area (Å²) >= 11 is 7.29. The number of alkyl halides is 2. The molecule has 0 bridgehead atoms. The molecule has 0 aliphatic carbocycles. The molecule has 0 radical (unpaired) electrons. The van der Waals surface area contributed by atoms with E-state index in [1.54, 1.807) is 16.8 Å². The summed E-state index contributed by atoms with van der Waals surface area (Å²) in [7, 11) is 0. The summed E-state index contributed by atoms with van der Waals surface area (Å²) in [5, 5.41) is 4.52. The Hall–Kier alpha value is -1.91. The topological polar surface area (TPSA) is 56.3 Å². The number of nitrogens with two attached hydrogens (primary N) is 1. The summed E-state index contributed by atoms with van der Waals surface area (Å²) in [6.45, 7) is 3.47. The third-order valence-corrected chi connectivity index (χ3v) is 8.07. The second-order valence-electron chi connectivity index (χ2n) is 8.69. The van der Waals surface area contributed by atoms with Crippen LogP contribution in [-0.4, -0.2) is 34.4 Å². The molecule has 0 saturated carbocycles. The summed E-state index contributed by atoms with van der Waals surface area (Å²) in [6, 6.07) is 6.21. The predicted octanol–water partition coefficient (Wildman–Crippen LogP) is 5.11. The van der Waals surface area contributed by atoms with Crippen molar-refractivity contribution in [1.29, 1.82) is 0 Å². The van der Waals surface area contributed by atoms with Crippen LogP contribution in [0.5, 0.6) is 0 Å². The molecule has 176 valence electrons. The van der Waals surface area contributed by atoms with Crippen molar-refractivity contribution in [3.63, 3.8) is 0 Å². The van der Waals surface area contributed by atoms with E-state index in [4.69, 9.17) is 22.1 Å². The van der Waals surface area contributed by atoms with Gasteiger partial charge < -0.3 is 10.5 Å². The van der Waals surface area contributed by atoms with Crippen LogP contribution in [0.4, 0.5) is 13.2 Å². The van der Waals surface area contributed by atoms with Gasteiger partial charge in [0, 0.05) is 48.4 Å². The van der Waals surface area contributed by atoms with E-state index in [9.17, 15) is 13.2 Å². The summed E-state index contributed by atoms with van der Waals surface area (Å²) in [4.78, 5) is 2.80. The normalized spacial score (nSPS) is 19.7. The molecule has 0 amide bonds. The highest BCUT2D eigenvalue weighted by Crippen LogP contribution is 2.52. The van der Waals surface area contributed by atoms with Crippen molar-refractivity contribution in [1.82, 2.24) is 14.7 Å². The van der Waals surface area contributed by atoms with Crippen molar-refractivity contribution in [2.45, 2.75) is 44.4 Å². The number of rotatable bonds is 4. The molecule has 2 aliphatic heterocycles. The summed E-state index contributed by atoms with van der Waals surface area (Å²) in [5.74, 6) is -3.38. The molecule has 10 heteroatoms. The van der Waals surface area contributed by atoms with Crippen LogP contribution in [0.3, 0.4) is 0 Å². The molecule has 1 aromatic carbocycles. The second-order valence-corrected chi connectivity index (χ2v) is 10.4. The van der Waals surface area contributed by atoms with E-state index >= 15 is 0 Å². The van der Waals surface area contributed by atoms with Crippen LogP contribution in [0.25, 0.3) is 5.69 Å². The van der Waals surface area contributed by atoms with Gasteiger partial charge in [0.25, 0.3) is 5.92 Å². The zero-order valence-electron chi connectivity index (χ0n) is 18.1. The molecule has 1 spiro atoms. The number of fused-ring (bicyclic) bond motifs is 2. The molecule has 3 aromatic rings. The van der Waals surface area contributed by atoms with Crippen molar-refractivity contribution in [2.75, 3.05) is 19.7 Å². The fraction of sp³-hybridized carbons (Fsp3) is 0.435. The largest absolute Gasteiger partial charge is 0.363 e. The van der Waals surface area contributed by atoms with Gasteiger partial charge in [-0.1, -0.05) is 23.7 Å². The Kier molecular flexibility index (Phi) is 5.81. The smallest absolute Gasteiger partial charge is 0.297 e. The molecule has 2 aliphatic rings. The van der Waals surface area contributed by atoms with Crippen molar-refractivity contribution in [2.24, 2.45) is 5.73 Å². The van der Waals surface area contributed by atoms with E-state index < -0.39 is 18.1 Å². The number of aryl methyl sites for hydroxylation is 1. The lowest BCUT2D eigenvalue weighted by Gasteiger charge is -2.45. The number of likely N-dealkylation sites (tertiary alicyclic amines) is 1. The molecule has 0 atom stereocenters. The van der Waals surface area contributed by atoms with Crippen molar-refractivity contribution >= 4 is 22.9 Å². The first-order valence-corrected chi connectivity index (χ1v) is 12.0. The van der Waals surface area contributed by atoms with E-state index in [1.807, 2.05) is 13.1 Å². The van der Waals surface area contributed by atoms with Gasteiger partial charge in [0.15, 0.2) is 0 Å². The zero-order chi connectivity index (χ0) is 23.4. The Morgan fingerprint density at radius 3 is 2.73 bits per heavy atom. The number of para-hydroxylation sites is 1. The maximum absolute atomic E-state index is 14.5. The highest BCUT2D eigenvalue weighted by molar-refractivity contribution is 7.16. The number of piperidine rings is 1. The van der Waals surface area contributed by atoms with Gasteiger partial charge >= 0.3 is 0 Å². The molecule has 5 nitrogen and oxygen atoms in total. The highest BCUT2D eigenvalue weighted by atomic mass is 35.5. The Morgan fingerprint density at radius 2 is 2.00 bits per heavy atom. The van der Waals surface area contributed by atoms with Gasteiger partial charge in [0.1, 0.15) is 23.7 Å². The Morgan fingerprint density at radius 1 is 1.24 bits per heavy atom. The van der Waals surface area contributed by atoms with Crippen LogP contribution in [0.15, 0.2) is 30.5 Å². The van der Waals surface area contributed by atoms with Gasteiger partial charge in [-0.25, -0.2) is 9.07 Å². The van der Waals surface area contributed by atoms with Crippen molar-refractivity contribution < 1.29 is 17.9 Å². The van der Waals surface area contributed by atoms with E-state index in [0.29, 0.717) is 52.9 Å². The van der Waals surface area contributed by atoms with E-state index in [0.717, 1.165) is 11.3 Å². The van der Waals surface area contributed by atoms with Gasteiger partial charge in [-0.15, -0.1) is 11.3 Å². The minimum Gasteiger partial charge on any atom is -0.363 e. The molecule has 2 aromatic heterocycles. The first-order valence-electron chi connectivity index (χ1n) is 10.8. The molecule has 1 fully saturated rings. The molecule has 1 saturated heterocycles. The van der Waals surface area contributed by atoms with Gasteiger partial charge in [0.05, 0.1) is 10.0 Å². The lowest BCUT2D eigenvalue weighted by Crippen LogP contribution is -2.48. The number of ether oxygens (including phenoxy) is 1. The lowest BCUT2D eigenvalue weighted by molar-refractivity contribution is -0.182. The summed E-state index contributed by atoms with van der Waals surface area (Å²) in [6.07, 6.45) is 3.04. The fourth-order valence-corrected chi connectivity index (χ4v) is 6.25. The number of hydrogen-bond acceptors (Lipinski definition) is 5. The summed E-state index contributed by atoms with van der Waals surface area (Å²) in [5.41, 5.74) is 7.92. The molecule has 2 N–H and O–H groups in total. The minimum atomic E-state index is -3.01. The van der Waals surface area contributed by atoms with Gasteiger partial charge in [0.2, 0.25) is 0 Å². The third kappa shape index (κ3) is 4.00. The van der Waals surface area contributed by atoms with Gasteiger partial charge in [-0.05, 0) is 37.5 Å². The molecule has 0 unspecified atom stereocenters. The number of hydrogen-bond donors (Lipinski definition) is 1. The molecule has 33 heavy (non-hydrogen) atoms. The van der Waals surface area contributed by atoms with Crippen LogP contribution in [0.1, 0.15) is 40.1 Å². The van der Waals surface area contributed by atoms with E-state index in [2.05, 4.69) is 10.00 Å². The number of nitrogens with zero attached hydrogens (tertiary/aromatic N) is 3. The Balaban J connectivity index is 1.33. The van der Waals surface area contributed by atoms with Crippen LogP contribution in [0, 0.1) is 12.7 Å². The van der Waals surface area contributed by atoms with Gasteiger partial charge in [-0.3, -0.25) is 4.90 Å². The average Bonchev–Trinajstić information content (AvgIpc) is 3.36. The number of benzene rings is 1. The van der Waals surface area contributed by atoms with Crippen LogP contribution in [0.2, 0.25) is 4.34 Å². The summed E-state index contributed by atoms with van der Waals surface area (Å²) < 4.78 is 50.9. The Bertz CT molecular complexity index is 1190. The molecular formula is C23H24ClF3N4OS. The predicted molar refractivity (Wildman–Crippen MR) is 122 cm³/mol. The third-order valence-electron chi connectivity index (χ3n) is 6.62. The van der Waals surface area contributed by atoms with Crippen molar-refractivity contribution in [3.8, 4) is 5.69 Å². The molecule has 4 heterocycles. The first kappa shape index (κ1) is 22.9. The standard InChI is InChI=1S/C23H24ClF3N4OS/c1-14-16(12-31(29-14)20-15(10-28)3-2-4-18(20)25)11-30-7-5-22(6-8-30)21-17(9-19(24)33-21)23(26,27)13-32-22/h2-4,9,12H,5-8,10-11,13,28H2,1H3. The fourth-order valence-electron chi connectivity index (χ4n) is 4.77. The van der Waals surface area contributed by atoms with Crippen LogP contribution >= 0.6 is 22.9 Å². The van der Waals surface area contributed by atoms with Crippen molar-refractivity contribution in [3.05, 3.63) is 67.9 Å². The molecular weight excluding hydrogens is 473 g/mol. The number of thiophene rings is 1. The van der Waals surface area contributed by atoms with Gasteiger partial charge in [-0.2, -0.15) is 13.9 Å². The lowest BCUT2D eigenvalue weighted by atomic mass is 9.84.